The molecule has 0 aliphatic carbocycles. The number of hydrogen-bond acceptors (Lipinski definition) is 9. The molecular weight excluding hydrogens is 518 g/mol. The molecule has 0 saturated carbocycles. The Morgan fingerprint density at radius 2 is 1.29 bits per heavy atom. The van der Waals surface area contributed by atoms with Crippen molar-refractivity contribution in [1.29, 1.82) is 0 Å². The molecule has 0 aromatic rings. The van der Waals surface area contributed by atoms with Crippen molar-refractivity contribution in [3.8, 4) is 0 Å². The van der Waals surface area contributed by atoms with Crippen LogP contribution in [0.2, 0.25) is 12.1 Å². The Bertz CT molecular complexity index is 662. The Labute approximate surface area is 235 Å². The monoisotopic (exact) mass is 575 g/mol. The summed E-state index contributed by atoms with van der Waals surface area (Å²) >= 11 is 0. The largest absolute Gasteiger partial charge is 0.501 e. The fourth-order valence-electron chi connectivity index (χ4n) is 5.01. The molecule has 1 rings (SSSR count). The quantitative estimate of drug-likeness (QED) is 0.118. The zero-order valence-electron chi connectivity index (χ0n) is 25.8. The van der Waals surface area contributed by atoms with E-state index in [1.165, 1.54) is 0 Å². The molecule has 1 aliphatic heterocycles. The molecule has 38 heavy (non-hydrogen) atoms. The van der Waals surface area contributed by atoms with E-state index in [0.29, 0.717) is 51.6 Å². The van der Waals surface area contributed by atoms with Crippen molar-refractivity contribution in [2.75, 3.05) is 59.3 Å². The average Bonchev–Trinajstić information content (AvgIpc) is 3.31. The third kappa shape index (κ3) is 12.2. The first-order valence-corrected chi connectivity index (χ1v) is 18.8. The number of amidine groups is 1. The molecule has 11 heteroatoms. The van der Waals surface area contributed by atoms with Gasteiger partial charge < -0.3 is 31.5 Å². The Morgan fingerprint density at radius 3 is 1.74 bits per heavy atom. The van der Waals surface area contributed by atoms with Crippen LogP contribution in [0.25, 0.3) is 0 Å². The highest BCUT2D eigenvalue weighted by atomic mass is 28.4. The smallest absolute Gasteiger partial charge is 0.374 e. The zero-order valence-corrected chi connectivity index (χ0v) is 27.8. The van der Waals surface area contributed by atoms with Gasteiger partial charge in [0, 0.05) is 70.5 Å². The normalized spacial score (nSPS) is 16.0. The maximum atomic E-state index is 6.15. The van der Waals surface area contributed by atoms with Crippen LogP contribution in [0.1, 0.15) is 81.6 Å². The molecule has 1 heterocycles. The van der Waals surface area contributed by atoms with Gasteiger partial charge in [0.1, 0.15) is 11.9 Å². The Kier molecular flexibility index (Phi) is 18.1. The van der Waals surface area contributed by atoms with E-state index < -0.39 is 17.6 Å². The van der Waals surface area contributed by atoms with E-state index in [4.69, 9.17) is 36.5 Å². The summed E-state index contributed by atoms with van der Waals surface area (Å²) < 4.78 is 36.7. The second-order valence-corrected chi connectivity index (χ2v) is 15.3. The Balaban J connectivity index is 3.08. The van der Waals surface area contributed by atoms with Crippen molar-refractivity contribution < 1.29 is 26.6 Å². The van der Waals surface area contributed by atoms with Gasteiger partial charge in [-0.2, -0.15) is 0 Å². The van der Waals surface area contributed by atoms with Gasteiger partial charge in [-0.1, -0.05) is 13.8 Å². The van der Waals surface area contributed by atoms with Crippen LogP contribution < -0.4 is 0 Å². The predicted octanol–water partition coefficient (Wildman–Crippen LogP) is 5.45. The molecule has 1 atom stereocenters. The van der Waals surface area contributed by atoms with Crippen molar-refractivity contribution in [1.82, 2.24) is 4.90 Å². The predicted molar refractivity (Wildman–Crippen MR) is 160 cm³/mol. The van der Waals surface area contributed by atoms with Crippen LogP contribution in [-0.4, -0.2) is 99.4 Å². The lowest BCUT2D eigenvalue weighted by molar-refractivity contribution is 0.0695. The van der Waals surface area contributed by atoms with Crippen LogP contribution in [0.3, 0.4) is 0 Å². The summed E-state index contributed by atoms with van der Waals surface area (Å²) in [6, 6.07) is 1.46. The van der Waals surface area contributed by atoms with Gasteiger partial charge >= 0.3 is 17.6 Å². The van der Waals surface area contributed by atoms with E-state index in [1.807, 2.05) is 41.5 Å². The molecule has 0 N–H and O–H groups in total. The zero-order chi connectivity index (χ0) is 28.4. The lowest BCUT2D eigenvalue weighted by Gasteiger charge is -2.31. The molecule has 0 aromatic heterocycles. The highest BCUT2D eigenvalue weighted by molar-refractivity contribution is 6.61. The minimum atomic E-state index is -2.78. The van der Waals surface area contributed by atoms with Crippen LogP contribution in [0.15, 0.2) is 9.98 Å². The van der Waals surface area contributed by atoms with Crippen LogP contribution in [-0.2, 0) is 26.6 Å². The fraction of sp³-hybridized carbons (Fsp3) is 0.926. The van der Waals surface area contributed by atoms with Crippen molar-refractivity contribution in [3.05, 3.63) is 0 Å². The first-order chi connectivity index (χ1) is 18.2. The molecular formula is C27H57N3O6Si2. The minimum Gasteiger partial charge on any atom is -0.374 e. The van der Waals surface area contributed by atoms with E-state index >= 15 is 0 Å². The summed E-state index contributed by atoms with van der Waals surface area (Å²) in [5.74, 6) is 1.62. The fourth-order valence-corrected chi connectivity index (χ4v) is 10.2. The van der Waals surface area contributed by atoms with Crippen molar-refractivity contribution in [2.45, 2.75) is 99.7 Å². The van der Waals surface area contributed by atoms with Crippen LogP contribution >= 0.6 is 0 Å². The number of nitrogens with zero attached hydrogens (tertiary/aromatic N) is 3. The summed E-state index contributed by atoms with van der Waals surface area (Å²) in [6.45, 7) is 24.7. The highest BCUT2D eigenvalue weighted by Gasteiger charge is 2.42. The Hall–Kier alpha value is -0.666. The van der Waals surface area contributed by atoms with Gasteiger partial charge in [0.05, 0.1) is 6.54 Å². The summed E-state index contributed by atoms with van der Waals surface area (Å²) in [5.41, 5.74) is 1.16. The molecule has 0 fully saturated rings. The lowest BCUT2D eigenvalue weighted by Crippen LogP contribution is -2.48. The van der Waals surface area contributed by atoms with Gasteiger partial charge in [0.25, 0.3) is 0 Å². The number of aliphatic imine (C=N–C) groups is 2. The van der Waals surface area contributed by atoms with Crippen LogP contribution in [0.4, 0.5) is 0 Å². The summed E-state index contributed by atoms with van der Waals surface area (Å²) in [6.07, 6.45) is 2.68. The van der Waals surface area contributed by atoms with Crippen LogP contribution in [0, 0.1) is 5.92 Å². The molecule has 224 valence electrons. The molecule has 0 spiro atoms. The molecule has 0 saturated heterocycles. The Morgan fingerprint density at radius 1 is 0.816 bits per heavy atom. The standard InChI is InChI=1S/C27H57N3O6Si2/c1-10-31-37(32-11-2,33-12-3)21-16-19-30-20-18-28-27(30)26(29-25(9)23-24(7)8)17-22-38(34-13-4,35-14-5)36-15-6/h24,26H,10-23H2,1-9H3. The first-order valence-electron chi connectivity index (χ1n) is 14.9. The number of hydrogen-bond donors (Lipinski definition) is 0. The molecule has 0 radical (unpaired) electrons. The van der Waals surface area contributed by atoms with E-state index in [1.54, 1.807) is 0 Å². The molecule has 0 amide bonds. The summed E-state index contributed by atoms with van der Waals surface area (Å²) in [7, 11) is -5.45. The molecule has 0 aromatic carbocycles. The maximum Gasteiger partial charge on any atom is 0.501 e. The van der Waals surface area contributed by atoms with E-state index in [2.05, 4.69) is 25.7 Å². The third-order valence-electron chi connectivity index (χ3n) is 6.17. The third-order valence-corrected chi connectivity index (χ3v) is 12.4. The average molecular weight is 576 g/mol. The van der Waals surface area contributed by atoms with Gasteiger partial charge in [-0.15, -0.1) is 0 Å². The topological polar surface area (TPSA) is 83.3 Å². The lowest BCUT2D eigenvalue weighted by atomic mass is 10.1. The first kappa shape index (κ1) is 35.4. The molecule has 1 unspecified atom stereocenters. The van der Waals surface area contributed by atoms with E-state index in [9.17, 15) is 0 Å². The van der Waals surface area contributed by atoms with Crippen molar-refractivity contribution in [3.63, 3.8) is 0 Å². The van der Waals surface area contributed by atoms with Gasteiger partial charge in [-0.05, 0) is 73.6 Å². The van der Waals surface area contributed by atoms with Gasteiger partial charge in [-0.25, -0.2) is 0 Å². The summed E-state index contributed by atoms with van der Waals surface area (Å²) in [4.78, 5) is 12.6. The molecule has 1 aliphatic rings. The van der Waals surface area contributed by atoms with Crippen molar-refractivity contribution >= 4 is 29.2 Å². The van der Waals surface area contributed by atoms with Crippen molar-refractivity contribution in [2.24, 2.45) is 15.9 Å². The maximum absolute atomic E-state index is 6.15. The summed E-state index contributed by atoms with van der Waals surface area (Å²) in [5, 5.41) is 0. The second-order valence-electron chi connectivity index (χ2n) is 9.81. The van der Waals surface area contributed by atoms with Gasteiger partial charge in [-0.3, -0.25) is 9.98 Å². The van der Waals surface area contributed by atoms with Gasteiger partial charge in [0.2, 0.25) is 0 Å². The minimum absolute atomic E-state index is 0.0443. The SMILES string of the molecule is CCO[Si](CCCN1CCN=C1C(CC[Si](OCC)(OCC)OCC)N=C(C)CC(C)C)(OCC)OCC. The second kappa shape index (κ2) is 19.4. The van der Waals surface area contributed by atoms with Crippen LogP contribution in [0.5, 0.6) is 0 Å². The number of rotatable bonds is 23. The molecule has 0 bridgehead atoms. The highest BCUT2D eigenvalue weighted by Crippen LogP contribution is 2.24. The van der Waals surface area contributed by atoms with E-state index in [0.717, 1.165) is 56.5 Å². The van der Waals surface area contributed by atoms with E-state index in [-0.39, 0.29) is 6.04 Å². The molecule has 9 nitrogen and oxygen atoms in total. The van der Waals surface area contributed by atoms with Gasteiger partial charge in [0.15, 0.2) is 0 Å².